The van der Waals surface area contributed by atoms with Crippen LogP contribution in [0, 0.1) is 11.6 Å². The van der Waals surface area contributed by atoms with E-state index in [2.05, 4.69) is 12.2 Å². The Morgan fingerprint density at radius 3 is 2.70 bits per heavy atom. The maximum Gasteiger partial charge on any atom is 0.256 e. The molecule has 1 aromatic carbocycles. The van der Waals surface area contributed by atoms with Crippen LogP contribution < -0.4 is 5.32 Å². The van der Waals surface area contributed by atoms with Gasteiger partial charge in [0, 0.05) is 19.1 Å². The van der Waals surface area contributed by atoms with Gasteiger partial charge in [-0.05, 0) is 44.0 Å². The second kappa shape index (κ2) is 6.79. The van der Waals surface area contributed by atoms with Crippen molar-refractivity contribution in [1.29, 1.82) is 0 Å². The van der Waals surface area contributed by atoms with Crippen LogP contribution in [-0.2, 0) is 0 Å². The standard InChI is InChI=1S/C15H20F2N2O/c1-2-7-18-12-5-8-19(9-6-12)15(20)13-10-11(16)3-4-14(13)17/h3-4,10,12,18H,2,5-9H2,1H3. The smallest absolute Gasteiger partial charge is 0.256 e. The van der Waals surface area contributed by atoms with Gasteiger partial charge in [-0.2, -0.15) is 0 Å². The maximum absolute atomic E-state index is 13.6. The molecule has 0 aliphatic carbocycles. The molecule has 2 rings (SSSR count). The van der Waals surface area contributed by atoms with E-state index in [1.54, 1.807) is 4.90 Å². The van der Waals surface area contributed by atoms with Crippen molar-refractivity contribution in [2.45, 2.75) is 32.2 Å². The molecule has 1 N–H and O–H groups in total. The van der Waals surface area contributed by atoms with Crippen molar-refractivity contribution in [1.82, 2.24) is 10.2 Å². The molecule has 20 heavy (non-hydrogen) atoms. The predicted octanol–water partition coefficient (Wildman–Crippen LogP) is 2.57. The number of halogens is 2. The number of piperidine rings is 1. The second-order valence-electron chi connectivity index (χ2n) is 5.14. The van der Waals surface area contributed by atoms with Crippen LogP contribution in [-0.4, -0.2) is 36.5 Å². The van der Waals surface area contributed by atoms with Crippen molar-refractivity contribution in [2.24, 2.45) is 0 Å². The van der Waals surface area contributed by atoms with Crippen LogP contribution in [0.4, 0.5) is 8.78 Å². The molecule has 0 spiro atoms. The number of nitrogens with zero attached hydrogens (tertiary/aromatic N) is 1. The molecule has 1 aliphatic heterocycles. The summed E-state index contributed by atoms with van der Waals surface area (Å²) in [4.78, 5) is 13.8. The third-order valence-corrected chi connectivity index (χ3v) is 3.62. The Labute approximate surface area is 118 Å². The molecule has 1 saturated heterocycles. The van der Waals surface area contributed by atoms with E-state index in [0.717, 1.165) is 44.0 Å². The van der Waals surface area contributed by atoms with Gasteiger partial charge < -0.3 is 10.2 Å². The Bertz CT molecular complexity index is 471. The number of benzene rings is 1. The lowest BCUT2D eigenvalue weighted by Crippen LogP contribution is -2.45. The number of carbonyl (C=O) groups is 1. The van der Waals surface area contributed by atoms with Crippen molar-refractivity contribution < 1.29 is 13.6 Å². The van der Waals surface area contributed by atoms with E-state index in [-0.39, 0.29) is 5.56 Å². The molecule has 0 aromatic heterocycles. The monoisotopic (exact) mass is 282 g/mol. The maximum atomic E-state index is 13.6. The molecule has 1 amide bonds. The zero-order chi connectivity index (χ0) is 14.5. The fraction of sp³-hybridized carbons (Fsp3) is 0.533. The highest BCUT2D eigenvalue weighted by Gasteiger charge is 2.25. The van der Waals surface area contributed by atoms with Crippen molar-refractivity contribution >= 4 is 5.91 Å². The fourth-order valence-electron chi connectivity index (χ4n) is 2.47. The molecule has 0 atom stereocenters. The molecule has 1 fully saturated rings. The SMILES string of the molecule is CCCNC1CCN(C(=O)c2cc(F)ccc2F)CC1. The average molecular weight is 282 g/mol. The van der Waals surface area contributed by atoms with Gasteiger partial charge in [0.15, 0.2) is 0 Å². The highest BCUT2D eigenvalue weighted by molar-refractivity contribution is 5.94. The van der Waals surface area contributed by atoms with Gasteiger partial charge in [-0.3, -0.25) is 4.79 Å². The van der Waals surface area contributed by atoms with Crippen LogP contribution in [0.2, 0.25) is 0 Å². The number of hydrogen-bond donors (Lipinski definition) is 1. The first-order valence-corrected chi connectivity index (χ1v) is 7.09. The van der Waals surface area contributed by atoms with E-state index in [0.29, 0.717) is 19.1 Å². The van der Waals surface area contributed by atoms with E-state index in [9.17, 15) is 13.6 Å². The van der Waals surface area contributed by atoms with Gasteiger partial charge in [0.2, 0.25) is 0 Å². The summed E-state index contributed by atoms with van der Waals surface area (Å²) in [5, 5.41) is 3.42. The molecule has 5 heteroatoms. The van der Waals surface area contributed by atoms with Gasteiger partial charge in [0.25, 0.3) is 5.91 Å². The average Bonchev–Trinajstić information content (AvgIpc) is 2.47. The van der Waals surface area contributed by atoms with E-state index in [1.807, 2.05) is 0 Å². The van der Waals surface area contributed by atoms with E-state index < -0.39 is 17.5 Å². The van der Waals surface area contributed by atoms with E-state index in [1.165, 1.54) is 0 Å². The minimum atomic E-state index is -0.664. The molecule has 110 valence electrons. The fourth-order valence-corrected chi connectivity index (χ4v) is 2.47. The first-order valence-electron chi connectivity index (χ1n) is 7.09. The van der Waals surface area contributed by atoms with Crippen LogP contribution in [0.3, 0.4) is 0 Å². The molecule has 0 saturated carbocycles. The Morgan fingerprint density at radius 1 is 1.35 bits per heavy atom. The predicted molar refractivity (Wildman–Crippen MR) is 73.6 cm³/mol. The van der Waals surface area contributed by atoms with Gasteiger partial charge in [0.1, 0.15) is 11.6 Å². The molecular weight excluding hydrogens is 262 g/mol. The first-order chi connectivity index (χ1) is 9.61. The summed E-state index contributed by atoms with van der Waals surface area (Å²) in [6, 6.07) is 3.40. The van der Waals surface area contributed by atoms with Gasteiger partial charge >= 0.3 is 0 Å². The number of carbonyl (C=O) groups excluding carboxylic acids is 1. The lowest BCUT2D eigenvalue weighted by atomic mass is 10.0. The van der Waals surface area contributed by atoms with Gasteiger partial charge in [0.05, 0.1) is 5.56 Å². The number of nitrogens with one attached hydrogen (secondary N) is 1. The van der Waals surface area contributed by atoms with Gasteiger partial charge in [-0.25, -0.2) is 8.78 Å². The van der Waals surface area contributed by atoms with Crippen molar-refractivity contribution in [3.05, 3.63) is 35.4 Å². The summed E-state index contributed by atoms with van der Waals surface area (Å²) < 4.78 is 26.7. The molecule has 1 aliphatic rings. The summed E-state index contributed by atoms with van der Waals surface area (Å²) in [5.74, 6) is -1.67. The Hall–Kier alpha value is -1.49. The number of hydrogen-bond acceptors (Lipinski definition) is 2. The summed E-state index contributed by atoms with van der Waals surface area (Å²) >= 11 is 0. The largest absolute Gasteiger partial charge is 0.338 e. The molecule has 1 aromatic rings. The lowest BCUT2D eigenvalue weighted by molar-refractivity contribution is 0.0700. The third-order valence-electron chi connectivity index (χ3n) is 3.62. The Kier molecular flexibility index (Phi) is 5.06. The highest BCUT2D eigenvalue weighted by Crippen LogP contribution is 2.17. The van der Waals surface area contributed by atoms with Crippen LogP contribution in [0.15, 0.2) is 18.2 Å². The molecule has 3 nitrogen and oxygen atoms in total. The number of amides is 1. The highest BCUT2D eigenvalue weighted by atomic mass is 19.1. The van der Waals surface area contributed by atoms with E-state index in [4.69, 9.17) is 0 Å². The summed E-state index contributed by atoms with van der Waals surface area (Å²) in [6.07, 6.45) is 2.78. The molecule has 1 heterocycles. The number of likely N-dealkylation sites (tertiary alicyclic amines) is 1. The minimum Gasteiger partial charge on any atom is -0.338 e. The van der Waals surface area contributed by atoms with Gasteiger partial charge in [-0.1, -0.05) is 6.92 Å². The molecule has 0 bridgehead atoms. The second-order valence-corrected chi connectivity index (χ2v) is 5.14. The number of rotatable bonds is 4. The summed E-state index contributed by atoms with van der Waals surface area (Å²) in [6.45, 7) is 4.24. The van der Waals surface area contributed by atoms with Crippen molar-refractivity contribution in [3.63, 3.8) is 0 Å². The molecule has 0 radical (unpaired) electrons. The Balaban J connectivity index is 1.96. The van der Waals surface area contributed by atoms with Crippen molar-refractivity contribution in [3.8, 4) is 0 Å². The molecule has 0 unspecified atom stereocenters. The topological polar surface area (TPSA) is 32.3 Å². The zero-order valence-corrected chi connectivity index (χ0v) is 11.7. The third kappa shape index (κ3) is 3.54. The van der Waals surface area contributed by atoms with Crippen LogP contribution in [0.1, 0.15) is 36.5 Å². The zero-order valence-electron chi connectivity index (χ0n) is 11.7. The van der Waals surface area contributed by atoms with Crippen molar-refractivity contribution in [2.75, 3.05) is 19.6 Å². The van der Waals surface area contributed by atoms with Crippen LogP contribution >= 0.6 is 0 Å². The van der Waals surface area contributed by atoms with Crippen LogP contribution in [0.5, 0.6) is 0 Å². The Morgan fingerprint density at radius 2 is 2.05 bits per heavy atom. The summed E-state index contributed by atoms with van der Waals surface area (Å²) in [5.41, 5.74) is -0.176. The normalized spacial score (nSPS) is 16.4. The minimum absolute atomic E-state index is 0.176. The molecular formula is C15H20F2N2O. The van der Waals surface area contributed by atoms with E-state index >= 15 is 0 Å². The van der Waals surface area contributed by atoms with Crippen LogP contribution in [0.25, 0.3) is 0 Å². The lowest BCUT2D eigenvalue weighted by Gasteiger charge is -2.32. The quantitative estimate of drug-likeness (QED) is 0.920. The van der Waals surface area contributed by atoms with Gasteiger partial charge in [-0.15, -0.1) is 0 Å². The first kappa shape index (κ1) is 14.9. The summed E-state index contributed by atoms with van der Waals surface area (Å²) in [7, 11) is 0.